The summed E-state index contributed by atoms with van der Waals surface area (Å²) in [5, 5.41) is 23.3. The molecule has 0 saturated carbocycles. The second kappa shape index (κ2) is 13.7. The van der Waals surface area contributed by atoms with Crippen LogP contribution in [0.3, 0.4) is 0 Å². The summed E-state index contributed by atoms with van der Waals surface area (Å²) in [7, 11) is 3.02. The van der Waals surface area contributed by atoms with Crippen LogP contribution in [0.2, 0.25) is 0 Å². The fraction of sp³-hybridized carbons (Fsp3) is 0.147. The zero-order valence-electron chi connectivity index (χ0n) is 24.6. The van der Waals surface area contributed by atoms with Crippen molar-refractivity contribution in [3.05, 3.63) is 124 Å². The Labute approximate surface area is 260 Å². The normalized spacial score (nSPS) is 11.0. The van der Waals surface area contributed by atoms with E-state index in [4.69, 9.17) is 21.7 Å². The molecular weight excluding hydrogens is 574 g/mol. The number of hydrogen-bond acceptors (Lipinski definition) is 7. The Balaban J connectivity index is 1.20. The Morgan fingerprint density at radius 1 is 1.00 bits per heavy atom. The van der Waals surface area contributed by atoms with Crippen LogP contribution >= 0.6 is 12.2 Å². The van der Waals surface area contributed by atoms with Gasteiger partial charge in [-0.05, 0) is 96.9 Å². The Kier molecular flexibility index (Phi) is 9.41. The zero-order valence-corrected chi connectivity index (χ0v) is 25.4. The van der Waals surface area contributed by atoms with Gasteiger partial charge in [-0.2, -0.15) is 5.10 Å². The number of carbonyl (C=O) groups excluding carboxylic acids is 1. The second-order valence-corrected chi connectivity index (χ2v) is 10.5. The van der Waals surface area contributed by atoms with Crippen LogP contribution in [0.25, 0.3) is 11.8 Å². The van der Waals surface area contributed by atoms with Gasteiger partial charge in [0.15, 0.2) is 16.3 Å². The minimum Gasteiger partial charge on any atom is -0.502 e. The van der Waals surface area contributed by atoms with Gasteiger partial charge in [-0.1, -0.05) is 42.0 Å². The summed E-state index contributed by atoms with van der Waals surface area (Å²) in [5.74, 6) is 0.509. The van der Waals surface area contributed by atoms with Crippen molar-refractivity contribution in [2.75, 3.05) is 24.9 Å². The van der Waals surface area contributed by atoms with Gasteiger partial charge >= 0.3 is 0 Å². The first-order chi connectivity index (χ1) is 21.3. The summed E-state index contributed by atoms with van der Waals surface area (Å²) in [6, 6.07) is 24.8. The molecule has 5 aromatic rings. The van der Waals surface area contributed by atoms with Crippen molar-refractivity contribution in [3.8, 4) is 22.9 Å². The standard InChI is InChI=1S/C34H33N5O4S/c1-22-7-16-29(26(17-22)6-4-5-24-18-30(42-2)32(40)31(19-24)43-3)35-20-23-8-10-25(11-9-23)33(41)37-27-12-14-28(15-13-27)39-21-36-38-34(39)44/h4-5,7-19,21,35,40H,6,20H2,1-3H3,(H,37,41)(H,38,44). The monoisotopic (exact) mass is 607 g/mol. The predicted octanol–water partition coefficient (Wildman–Crippen LogP) is 7.08. The number of ether oxygens (including phenoxy) is 2. The first kappa shape index (κ1) is 30.1. The Morgan fingerprint density at radius 2 is 1.70 bits per heavy atom. The largest absolute Gasteiger partial charge is 0.502 e. The third-order valence-electron chi connectivity index (χ3n) is 7.07. The molecule has 0 aliphatic rings. The average molecular weight is 608 g/mol. The molecule has 224 valence electrons. The van der Waals surface area contributed by atoms with E-state index in [0.29, 0.717) is 40.5 Å². The number of allylic oxidation sites excluding steroid dienone is 1. The molecule has 0 saturated heterocycles. The number of nitrogens with one attached hydrogen (secondary N) is 3. The van der Waals surface area contributed by atoms with Gasteiger partial charge in [0.1, 0.15) is 6.33 Å². The molecule has 4 N–H and O–H groups in total. The fourth-order valence-corrected chi connectivity index (χ4v) is 4.91. The molecule has 0 spiro atoms. The van der Waals surface area contributed by atoms with E-state index in [1.807, 2.05) is 54.6 Å². The van der Waals surface area contributed by atoms with Crippen molar-refractivity contribution in [1.29, 1.82) is 0 Å². The highest BCUT2D eigenvalue weighted by Crippen LogP contribution is 2.37. The molecule has 4 aromatic carbocycles. The lowest BCUT2D eigenvalue weighted by molar-refractivity contribution is 0.102. The average Bonchev–Trinajstić information content (AvgIpc) is 3.47. The van der Waals surface area contributed by atoms with Gasteiger partial charge in [0.2, 0.25) is 5.75 Å². The Hall–Kier alpha value is -5.35. The molecule has 0 unspecified atom stereocenters. The summed E-state index contributed by atoms with van der Waals surface area (Å²) in [4.78, 5) is 12.8. The number of nitrogens with zero attached hydrogens (tertiary/aromatic N) is 2. The van der Waals surface area contributed by atoms with E-state index >= 15 is 0 Å². The Morgan fingerprint density at radius 3 is 2.34 bits per heavy atom. The van der Waals surface area contributed by atoms with Gasteiger partial charge < -0.3 is 25.2 Å². The van der Waals surface area contributed by atoms with Gasteiger partial charge in [0, 0.05) is 29.2 Å². The number of rotatable bonds is 11. The number of aromatic amines is 1. The molecule has 1 heterocycles. The molecule has 9 nitrogen and oxygen atoms in total. The number of aromatic nitrogens is 3. The Bertz CT molecular complexity index is 1820. The van der Waals surface area contributed by atoms with Gasteiger partial charge in [0.25, 0.3) is 5.91 Å². The summed E-state index contributed by atoms with van der Waals surface area (Å²) < 4.78 is 12.8. The van der Waals surface area contributed by atoms with Crippen molar-refractivity contribution in [2.24, 2.45) is 0 Å². The van der Waals surface area contributed by atoms with Crippen molar-refractivity contribution in [1.82, 2.24) is 14.8 Å². The number of methoxy groups -OCH3 is 2. The van der Waals surface area contributed by atoms with E-state index in [0.717, 1.165) is 28.1 Å². The lowest BCUT2D eigenvalue weighted by Gasteiger charge is -2.13. The fourth-order valence-electron chi connectivity index (χ4n) is 4.71. The molecule has 0 atom stereocenters. The van der Waals surface area contributed by atoms with E-state index in [1.165, 1.54) is 19.8 Å². The maximum atomic E-state index is 12.8. The SMILES string of the molecule is COc1cc(C=CCc2cc(C)ccc2NCc2ccc(C(=O)Nc3ccc(-n4cn[nH]c4=S)cc3)cc2)cc(OC)c1O. The topological polar surface area (TPSA) is 113 Å². The van der Waals surface area contributed by atoms with Crippen molar-refractivity contribution in [3.63, 3.8) is 0 Å². The first-order valence-electron chi connectivity index (χ1n) is 13.9. The maximum Gasteiger partial charge on any atom is 0.255 e. The lowest BCUT2D eigenvalue weighted by atomic mass is 10.0. The quantitative estimate of drug-likeness (QED) is 0.119. The third kappa shape index (κ3) is 7.16. The van der Waals surface area contributed by atoms with Crippen LogP contribution in [-0.2, 0) is 13.0 Å². The molecule has 1 amide bonds. The number of aromatic hydroxyl groups is 1. The molecule has 0 bridgehead atoms. The summed E-state index contributed by atoms with van der Waals surface area (Å²) in [6.45, 7) is 2.67. The van der Waals surface area contributed by atoms with Crippen LogP contribution in [0.1, 0.15) is 32.6 Å². The second-order valence-electron chi connectivity index (χ2n) is 10.1. The lowest BCUT2D eigenvalue weighted by Crippen LogP contribution is -2.12. The highest BCUT2D eigenvalue weighted by Gasteiger charge is 2.11. The molecule has 10 heteroatoms. The number of carbonyl (C=O) groups is 1. The number of hydrogen-bond donors (Lipinski definition) is 4. The van der Waals surface area contributed by atoms with Crippen LogP contribution in [0, 0.1) is 11.7 Å². The predicted molar refractivity (Wildman–Crippen MR) is 176 cm³/mol. The number of H-pyrrole nitrogens is 1. The van der Waals surface area contributed by atoms with Crippen molar-refractivity contribution < 1.29 is 19.4 Å². The van der Waals surface area contributed by atoms with Crippen LogP contribution in [0.4, 0.5) is 11.4 Å². The summed E-state index contributed by atoms with van der Waals surface area (Å²) in [6.07, 6.45) is 6.35. The highest BCUT2D eigenvalue weighted by atomic mass is 32.1. The van der Waals surface area contributed by atoms with E-state index < -0.39 is 0 Å². The van der Waals surface area contributed by atoms with E-state index in [-0.39, 0.29) is 11.7 Å². The summed E-state index contributed by atoms with van der Waals surface area (Å²) >= 11 is 5.21. The van der Waals surface area contributed by atoms with Gasteiger partial charge in [0.05, 0.1) is 14.2 Å². The molecule has 0 aliphatic carbocycles. The number of aryl methyl sites for hydroxylation is 1. The van der Waals surface area contributed by atoms with Crippen LogP contribution in [-0.4, -0.2) is 40.0 Å². The molecular formula is C34H33N5O4S. The van der Waals surface area contributed by atoms with Gasteiger partial charge in [-0.3, -0.25) is 14.5 Å². The zero-order chi connectivity index (χ0) is 31.1. The minimum absolute atomic E-state index is 0.0197. The molecule has 5 rings (SSSR count). The molecule has 0 fully saturated rings. The third-order valence-corrected chi connectivity index (χ3v) is 7.35. The molecule has 1 aromatic heterocycles. The van der Waals surface area contributed by atoms with Crippen LogP contribution in [0.15, 0.2) is 91.3 Å². The number of phenols is 1. The van der Waals surface area contributed by atoms with E-state index in [2.05, 4.69) is 52.0 Å². The van der Waals surface area contributed by atoms with E-state index in [9.17, 15) is 9.90 Å². The highest BCUT2D eigenvalue weighted by molar-refractivity contribution is 7.71. The van der Waals surface area contributed by atoms with Crippen LogP contribution < -0.4 is 20.1 Å². The number of benzene rings is 4. The molecule has 0 aliphatic heterocycles. The van der Waals surface area contributed by atoms with E-state index in [1.54, 1.807) is 23.0 Å². The summed E-state index contributed by atoms with van der Waals surface area (Å²) in [5.41, 5.74) is 7.36. The maximum absolute atomic E-state index is 12.8. The molecule has 0 radical (unpaired) electrons. The number of phenolic OH excluding ortho intramolecular Hbond substituents is 1. The smallest absolute Gasteiger partial charge is 0.255 e. The van der Waals surface area contributed by atoms with Crippen LogP contribution in [0.5, 0.6) is 17.2 Å². The molecule has 44 heavy (non-hydrogen) atoms. The number of anilines is 2. The minimum atomic E-state index is -0.186. The van der Waals surface area contributed by atoms with Crippen molar-refractivity contribution >= 4 is 35.6 Å². The first-order valence-corrected chi connectivity index (χ1v) is 14.3. The number of amides is 1. The van der Waals surface area contributed by atoms with Gasteiger partial charge in [-0.25, -0.2) is 0 Å². The van der Waals surface area contributed by atoms with Crippen molar-refractivity contribution in [2.45, 2.75) is 19.9 Å². The van der Waals surface area contributed by atoms with Gasteiger partial charge in [-0.15, -0.1) is 0 Å².